The maximum Gasteiger partial charge on any atom is 0.244 e. The molecular weight excluding hydrogens is 295 g/mol. The molecule has 0 aromatic heterocycles. The quantitative estimate of drug-likeness (QED) is 0.809. The van der Waals surface area contributed by atoms with Crippen LogP contribution in [0.4, 0.5) is 4.39 Å². The first-order valence-electron chi connectivity index (χ1n) is 6.55. The van der Waals surface area contributed by atoms with Crippen molar-refractivity contribution in [2.24, 2.45) is 5.73 Å². The number of hydrogen-bond donors (Lipinski definition) is 1. The fourth-order valence-electron chi connectivity index (χ4n) is 2.17. The van der Waals surface area contributed by atoms with Gasteiger partial charge in [0.2, 0.25) is 10.0 Å². The van der Waals surface area contributed by atoms with Crippen LogP contribution in [0.2, 0.25) is 0 Å². The number of hydrogen-bond acceptors (Lipinski definition) is 4. The first-order chi connectivity index (χ1) is 9.96. The number of nitrogens with two attached hydrogens (primary N) is 1. The third kappa shape index (κ3) is 3.41. The van der Waals surface area contributed by atoms with E-state index in [-0.39, 0.29) is 29.6 Å². The zero-order chi connectivity index (χ0) is 15.5. The van der Waals surface area contributed by atoms with Crippen LogP contribution in [0.5, 0.6) is 0 Å². The summed E-state index contributed by atoms with van der Waals surface area (Å²) in [7, 11) is -3.75. The third-order valence-electron chi connectivity index (χ3n) is 3.16. The number of benzene rings is 1. The van der Waals surface area contributed by atoms with Crippen LogP contribution < -0.4 is 5.73 Å². The van der Waals surface area contributed by atoms with E-state index in [1.54, 1.807) is 6.92 Å². The summed E-state index contributed by atoms with van der Waals surface area (Å²) in [5, 5.41) is 0. The fourth-order valence-corrected chi connectivity index (χ4v) is 3.90. The van der Waals surface area contributed by atoms with Crippen molar-refractivity contribution in [3.63, 3.8) is 0 Å². The van der Waals surface area contributed by atoms with Gasteiger partial charge in [-0.25, -0.2) is 12.8 Å². The average molecular weight is 312 g/mol. The number of sulfonamides is 1. The molecule has 1 aromatic carbocycles. The van der Waals surface area contributed by atoms with Gasteiger partial charge >= 0.3 is 0 Å². The summed E-state index contributed by atoms with van der Waals surface area (Å²) in [6.45, 7) is 2.79. The summed E-state index contributed by atoms with van der Waals surface area (Å²) in [6, 6.07) is 3.20. The third-order valence-corrected chi connectivity index (χ3v) is 5.23. The van der Waals surface area contributed by atoms with Gasteiger partial charge in [-0.3, -0.25) is 0 Å². The van der Waals surface area contributed by atoms with Crippen LogP contribution in [-0.2, 0) is 14.8 Å². The molecule has 2 rings (SSSR count). The Bertz CT molecular complexity index is 679. The van der Waals surface area contributed by atoms with Crippen LogP contribution >= 0.6 is 0 Å². The molecule has 0 bridgehead atoms. The molecule has 0 aliphatic carbocycles. The molecule has 1 saturated heterocycles. The molecule has 1 unspecified atom stereocenters. The highest BCUT2D eigenvalue weighted by molar-refractivity contribution is 7.89. The van der Waals surface area contributed by atoms with Crippen molar-refractivity contribution in [1.82, 2.24) is 4.31 Å². The van der Waals surface area contributed by atoms with E-state index in [1.165, 1.54) is 10.4 Å². The summed E-state index contributed by atoms with van der Waals surface area (Å²) in [6.07, 6.45) is 0. The lowest BCUT2D eigenvalue weighted by atomic mass is 10.2. The van der Waals surface area contributed by atoms with Gasteiger partial charge in [-0.1, -0.05) is 11.8 Å². The predicted molar refractivity (Wildman–Crippen MR) is 76.5 cm³/mol. The molecule has 1 aliphatic heterocycles. The Hall–Kier alpha value is -1.46. The zero-order valence-electron chi connectivity index (χ0n) is 11.7. The van der Waals surface area contributed by atoms with Gasteiger partial charge in [0.05, 0.1) is 24.7 Å². The van der Waals surface area contributed by atoms with E-state index in [0.29, 0.717) is 13.2 Å². The SMILES string of the molecule is CC1COCCN1S(=O)(=O)c1ccc(F)cc1C#CCN. The van der Waals surface area contributed by atoms with Crippen LogP contribution in [-0.4, -0.2) is 45.1 Å². The van der Waals surface area contributed by atoms with Crippen LogP contribution in [0.1, 0.15) is 12.5 Å². The van der Waals surface area contributed by atoms with Crippen molar-refractivity contribution in [2.75, 3.05) is 26.3 Å². The minimum absolute atomic E-state index is 0.00130. The van der Waals surface area contributed by atoms with Gasteiger partial charge in [-0.05, 0) is 25.1 Å². The van der Waals surface area contributed by atoms with Crippen molar-refractivity contribution in [1.29, 1.82) is 0 Å². The molecule has 21 heavy (non-hydrogen) atoms. The molecule has 114 valence electrons. The van der Waals surface area contributed by atoms with Gasteiger partial charge in [0.1, 0.15) is 5.82 Å². The zero-order valence-corrected chi connectivity index (χ0v) is 12.5. The van der Waals surface area contributed by atoms with Gasteiger partial charge < -0.3 is 10.5 Å². The van der Waals surface area contributed by atoms with E-state index >= 15 is 0 Å². The molecule has 5 nitrogen and oxygen atoms in total. The second-order valence-corrected chi connectivity index (χ2v) is 6.55. The lowest BCUT2D eigenvalue weighted by Crippen LogP contribution is -2.47. The van der Waals surface area contributed by atoms with Crippen molar-refractivity contribution >= 4 is 10.0 Å². The number of ether oxygens (including phenoxy) is 1. The topological polar surface area (TPSA) is 72.6 Å². The lowest BCUT2D eigenvalue weighted by molar-refractivity contribution is 0.0392. The lowest BCUT2D eigenvalue weighted by Gasteiger charge is -2.32. The Morgan fingerprint density at radius 3 is 2.95 bits per heavy atom. The Morgan fingerprint density at radius 2 is 2.29 bits per heavy atom. The summed E-state index contributed by atoms with van der Waals surface area (Å²) < 4.78 is 45.4. The average Bonchev–Trinajstić information content (AvgIpc) is 2.45. The molecule has 0 saturated carbocycles. The summed E-state index contributed by atoms with van der Waals surface area (Å²) in [4.78, 5) is -0.00130. The highest BCUT2D eigenvalue weighted by atomic mass is 32.2. The van der Waals surface area contributed by atoms with Crippen LogP contribution in [0, 0.1) is 17.7 Å². The van der Waals surface area contributed by atoms with Crippen LogP contribution in [0.3, 0.4) is 0 Å². The first-order valence-corrected chi connectivity index (χ1v) is 7.99. The van der Waals surface area contributed by atoms with Gasteiger partial charge in [0.25, 0.3) is 0 Å². The Morgan fingerprint density at radius 1 is 1.52 bits per heavy atom. The van der Waals surface area contributed by atoms with Gasteiger partial charge in [-0.15, -0.1) is 0 Å². The first kappa shape index (κ1) is 15.9. The predicted octanol–water partition coefficient (Wildman–Crippen LogP) is 0.545. The molecule has 1 heterocycles. The van der Waals surface area contributed by atoms with Crippen molar-refractivity contribution in [3.8, 4) is 11.8 Å². The number of morpholine rings is 1. The molecule has 1 fully saturated rings. The highest BCUT2D eigenvalue weighted by Crippen LogP contribution is 2.24. The van der Waals surface area contributed by atoms with Crippen LogP contribution in [0.25, 0.3) is 0 Å². The monoisotopic (exact) mass is 312 g/mol. The van der Waals surface area contributed by atoms with Gasteiger partial charge in [0, 0.05) is 18.2 Å². The minimum atomic E-state index is -3.75. The summed E-state index contributed by atoms with van der Waals surface area (Å²) in [5.41, 5.74) is 5.42. The molecule has 0 radical (unpaired) electrons. The van der Waals surface area contributed by atoms with E-state index in [4.69, 9.17) is 10.5 Å². The number of rotatable bonds is 2. The van der Waals surface area contributed by atoms with Gasteiger partial charge in [-0.2, -0.15) is 4.31 Å². The second kappa shape index (κ2) is 6.54. The largest absolute Gasteiger partial charge is 0.378 e. The molecule has 1 atom stereocenters. The van der Waals surface area contributed by atoms with E-state index in [2.05, 4.69) is 11.8 Å². The maximum atomic E-state index is 13.4. The Kier molecular flexibility index (Phi) is 4.96. The Balaban J connectivity index is 2.49. The molecule has 7 heteroatoms. The van der Waals surface area contributed by atoms with E-state index in [0.717, 1.165) is 12.1 Å². The van der Waals surface area contributed by atoms with Crippen LogP contribution in [0.15, 0.2) is 23.1 Å². The summed E-state index contributed by atoms with van der Waals surface area (Å²) in [5.74, 6) is 4.65. The number of nitrogens with zero attached hydrogens (tertiary/aromatic N) is 1. The molecule has 0 spiro atoms. The molecule has 1 aromatic rings. The second-order valence-electron chi connectivity index (χ2n) is 4.69. The minimum Gasteiger partial charge on any atom is -0.378 e. The summed E-state index contributed by atoms with van der Waals surface area (Å²) >= 11 is 0. The van der Waals surface area contributed by atoms with Crippen molar-refractivity contribution in [2.45, 2.75) is 17.9 Å². The molecule has 0 amide bonds. The number of halogens is 1. The van der Waals surface area contributed by atoms with E-state index in [1.807, 2.05) is 0 Å². The molecule has 2 N–H and O–H groups in total. The normalized spacial score (nSPS) is 19.9. The maximum absolute atomic E-state index is 13.4. The smallest absolute Gasteiger partial charge is 0.244 e. The molecule has 1 aliphatic rings. The van der Waals surface area contributed by atoms with Crippen molar-refractivity contribution < 1.29 is 17.5 Å². The van der Waals surface area contributed by atoms with E-state index in [9.17, 15) is 12.8 Å². The molecular formula is C14H17FN2O3S. The Labute approximate surface area is 123 Å². The van der Waals surface area contributed by atoms with Gasteiger partial charge in [0.15, 0.2) is 0 Å². The standard InChI is InChI=1S/C14H17FN2O3S/c1-11-10-20-8-7-17(11)21(18,19)14-5-4-13(15)9-12(14)3-2-6-16/h4-5,9,11H,6-8,10,16H2,1H3. The fraction of sp³-hybridized carbons (Fsp3) is 0.429. The van der Waals surface area contributed by atoms with E-state index < -0.39 is 15.8 Å². The highest BCUT2D eigenvalue weighted by Gasteiger charge is 2.32. The van der Waals surface area contributed by atoms with Crippen molar-refractivity contribution in [3.05, 3.63) is 29.6 Å².